The predicted octanol–water partition coefficient (Wildman–Crippen LogP) is 7.96. The summed E-state index contributed by atoms with van der Waals surface area (Å²) in [5.41, 5.74) is -7.05. The summed E-state index contributed by atoms with van der Waals surface area (Å²) in [5.74, 6) is 0.565. The Kier molecular flexibility index (Phi) is 10.9. The minimum absolute atomic E-state index is 0.0374. The minimum atomic E-state index is -6.08. The summed E-state index contributed by atoms with van der Waals surface area (Å²) in [4.78, 5) is 28.0. The van der Waals surface area contributed by atoms with Crippen LogP contribution in [0.15, 0.2) is 66.6 Å². The van der Waals surface area contributed by atoms with E-state index in [9.17, 15) is 41.0 Å². The molecule has 2 N–H and O–H groups in total. The van der Waals surface area contributed by atoms with Crippen LogP contribution in [0.5, 0.6) is 5.75 Å². The van der Waals surface area contributed by atoms with Crippen molar-refractivity contribution in [3.8, 4) is 16.9 Å². The van der Waals surface area contributed by atoms with Gasteiger partial charge in [0.2, 0.25) is 0 Å². The van der Waals surface area contributed by atoms with Crippen LogP contribution in [0, 0.1) is 5.92 Å². The highest BCUT2D eigenvalue weighted by Gasteiger charge is 2.71. The van der Waals surface area contributed by atoms with Crippen molar-refractivity contribution in [2.45, 2.75) is 75.9 Å². The zero-order chi connectivity index (χ0) is 37.2. The third kappa shape index (κ3) is 6.94. The number of carbonyl (C=O) groups is 2. The summed E-state index contributed by atoms with van der Waals surface area (Å²) < 4.78 is 102. The van der Waals surface area contributed by atoms with Crippen LogP contribution in [-0.2, 0) is 26.3 Å². The van der Waals surface area contributed by atoms with Crippen LogP contribution in [0.25, 0.3) is 17.2 Å². The first-order chi connectivity index (χ1) is 24.1. The fraction of sp³-hybridized carbons (Fsp3) is 0.459. The normalized spacial score (nSPS) is 20.9. The molecule has 5 rings (SSSR count). The average Bonchev–Trinajstić information content (AvgIpc) is 3.35. The van der Waals surface area contributed by atoms with Crippen LogP contribution >= 0.6 is 0 Å². The van der Waals surface area contributed by atoms with Crippen molar-refractivity contribution in [3.63, 3.8) is 0 Å². The van der Waals surface area contributed by atoms with Crippen LogP contribution in [0.1, 0.15) is 62.6 Å². The molecule has 1 fully saturated rings. The number of hydrogen-bond acceptors (Lipinski definition) is 6. The third-order valence-electron chi connectivity index (χ3n) is 9.59. The standard InChI is InChI=1S/C37H40F6N2O6/c1-4-11-24-20-26(35(48,36(38,39)40)37(41,42)43)21-28(27-13-8-7-12-23(27)5-2)31(24)51-17-10-9-16-45-32(46)34(6-3,44-33(45)47)25-14-15-29-30(22-25)50-19-18-49-29/h5,7-8,12-15,20-21,25,48H,2,4,6,9-11,16-19,22H2,1,3H3,(H,44,47). The van der Waals surface area contributed by atoms with Crippen molar-refractivity contribution in [2.24, 2.45) is 5.92 Å². The molecule has 2 aromatic carbocycles. The molecule has 51 heavy (non-hydrogen) atoms. The number of alkyl halides is 6. The van der Waals surface area contributed by atoms with E-state index in [-0.39, 0.29) is 60.3 Å². The van der Waals surface area contributed by atoms with Crippen molar-refractivity contribution in [1.29, 1.82) is 0 Å². The van der Waals surface area contributed by atoms with Crippen LogP contribution < -0.4 is 10.1 Å². The number of benzene rings is 2. The number of nitrogens with one attached hydrogen (secondary N) is 1. The van der Waals surface area contributed by atoms with Gasteiger partial charge in [-0.25, -0.2) is 4.79 Å². The number of unbranched alkanes of at least 4 members (excludes halogenated alkanes) is 1. The van der Waals surface area contributed by atoms with Gasteiger partial charge in [-0.3, -0.25) is 9.69 Å². The molecular formula is C37H40F6N2O6. The van der Waals surface area contributed by atoms with E-state index in [2.05, 4.69) is 11.9 Å². The highest BCUT2D eigenvalue weighted by Crippen LogP contribution is 2.52. The van der Waals surface area contributed by atoms with E-state index in [4.69, 9.17) is 14.2 Å². The molecule has 14 heteroatoms. The Labute approximate surface area is 291 Å². The van der Waals surface area contributed by atoms with Gasteiger partial charge in [-0.1, -0.05) is 63.3 Å². The second kappa shape index (κ2) is 14.6. The lowest BCUT2D eigenvalue weighted by atomic mass is 9.77. The number of amides is 3. The molecule has 1 aliphatic carbocycles. The molecular weight excluding hydrogens is 682 g/mol. The molecule has 0 saturated carbocycles. The molecule has 0 aromatic heterocycles. The van der Waals surface area contributed by atoms with E-state index in [0.29, 0.717) is 68.1 Å². The molecule has 2 atom stereocenters. The van der Waals surface area contributed by atoms with Gasteiger partial charge < -0.3 is 24.6 Å². The van der Waals surface area contributed by atoms with Crippen molar-refractivity contribution in [1.82, 2.24) is 10.2 Å². The van der Waals surface area contributed by atoms with E-state index in [1.165, 1.54) is 12.1 Å². The quantitative estimate of drug-likeness (QED) is 0.124. The first-order valence-electron chi connectivity index (χ1n) is 16.8. The number of ether oxygens (including phenoxy) is 3. The number of hydrogen-bond donors (Lipinski definition) is 2. The molecule has 3 amide bonds. The Morgan fingerprint density at radius 2 is 1.75 bits per heavy atom. The second-order valence-corrected chi connectivity index (χ2v) is 12.7. The molecule has 2 heterocycles. The van der Waals surface area contributed by atoms with E-state index < -0.39 is 35.1 Å². The maximum absolute atomic E-state index is 14.0. The minimum Gasteiger partial charge on any atom is -0.493 e. The topological polar surface area (TPSA) is 97.3 Å². The van der Waals surface area contributed by atoms with Crippen molar-refractivity contribution in [3.05, 3.63) is 83.3 Å². The third-order valence-corrected chi connectivity index (χ3v) is 9.59. The molecule has 8 nitrogen and oxygen atoms in total. The predicted molar refractivity (Wildman–Crippen MR) is 176 cm³/mol. The monoisotopic (exact) mass is 722 g/mol. The van der Waals surface area contributed by atoms with Gasteiger partial charge in [0.05, 0.1) is 6.61 Å². The SMILES string of the molecule is C=Cc1ccccc1-c1cc(C(O)(C(F)(F)F)C(F)(F)F)cc(CCC)c1OCCCCN1C(=O)NC(CC)(C2C=CC3=C(C2)OCCO3)C1=O. The van der Waals surface area contributed by atoms with E-state index in [0.717, 1.165) is 4.90 Å². The Morgan fingerprint density at radius 3 is 2.41 bits per heavy atom. The maximum atomic E-state index is 14.0. The Balaban J connectivity index is 1.37. The smallest absolute Gasteiger partial charge is 0.430 e. The molecule has 2 aromatic rings. The van der Waals surface area contributed by atoms with E-state index in [1.807, 2.05) is 13.0 Å². The number of halogens is 6. The first-order valence-corrected chi connectivity index (χ1v) is 16.8. The fourth-order valence-corrected chi connectivity index (χ4v) is 6.86. The Hall–Kier alpha value is -4.46. The zero-order valence-electron chi connectivity index (χ0n) is 28.3. The van der Waals surface area contributed by atoms with Gasteiger partial charge in [0.25, 0.3) is 11.5 Å². The van der Waals surface area contributed by atoms with Gasteiger partial charge in [-0.05, 0) is 60.6 Å². The van der Waals surface area contributed by atoms with Gasteiger partial charge >= 0.3 is 18.4 Å². The van der Waals surface area contributed by atoms with Crippen molar-refractivity contribution < 1.29 is 55.2 Å². The summed E-state index contributed by atoms with van der Waals surface area (Å²) in [7, 11) is 0. The lowest BCUT2D eigenvalue weighted by Gasteiger charge is -2.36. The molecule has 0 bridgehead atoms. The van der Waals surface area contributed by atoms with Gasteiger partial charge in [0, 0.05) is 30.0 Å². The van der Waals surface area contributed by atoms with Crippen molar-refractivity contribution >= 4 is 18.0 Å². The molecule has 3 aliphatic rings. The number of aliphatic hydroxyl groups is 1. The number of aryl methyl sites for hydroxylation is 1. The molecule has 2 aliphatic heterocycles. The summed E-state index contributed by atoms with van der Waals surface area (Å²) in [5, 5.41) is 13.2. The molecule has 1 saturated heterocycles. The number of carbonyl (C=O) groups excluding carboxylic acids is 2. The molecule has 276 valence electrons. The summed E-state index contributed by atoms with van der Waals surface area (Å²) >= 11 is 0. The number of rotatable bonds is 13. The fourth-order valence-electron chi connectivity index (χ4n) is 6.86. The van der Waals surface area contributed by atoms with Crippen LogP contribution in [0.3, 0.4) is 0 Å². The van der Waals surface area contributed by atoms with Gasteiger partial charge in [0.15, 0.2) is 5.76 Å². The summed E-state index contributed by atoms with van der Waals surface area (Å²) in [6.45, 7) is 8.08. The number of allylic oxidation sites excluding steroid dienone is 2. The highest BCUT2D eigenvalue weighted by atomic mass is 19.4. The van der Waals surface area contributed by atoms with Gasteiger partial charge in [-0.15, -0.1) is 0 Å². The summed E-state index contributed by atoms with van der Waals surface area (Å²) in [6.07, 6.45) is -5.45. The average molecular weight is 723 g/mol. The first kappa shape index (κ1) is 37.8. The lowest BCUT2D eigenvalue weighted by Crippen LogP contribution is -2.54. The second-order valence-electron chi connectivity index (χ2n) is 12.7. The van der Waals surface area contributed by atoms with Crippen molar-refractivity contribution in [2.75, 3.05) is 26.4 Å². The Morgan fingerprint density at radius 1 is 1.04 bits per heavy atom. The maximum Gasteiger partial charge on any atom is 0.430 e. The van der Waals surface area contributed by atoms with Crippen LogP contribution in [-0.4, -0.2) is 66.2 Å². The van der Waals surface area contributed by atoms with E-state index >= 15 is 0 Å². The van der Waals surface area contributed by atoms with Crippen LogP contribution in [0.2, 0.25) is 0 Å². The zero-order valence-corrected chi connectivity index (χ0v) is 28.3. The number of imide groups is 1. The van der Waals surface area contributed by atoms with Gasteiger partial charge in [-0.2, -0.15) is 26.3 Å². The Bertz CT molecular complexity index is 1700. The highest BCUT2D eigenvalue weighted by molar-refractivity contribution is 6.07. The molecule has 2 unspecified atom stereocenters. The summed E-state index contributed by atoms with van der Waals surface area (Å²) in [6, 6.07) is 7.15. The van der Waals surface area contributed by atoms with E-state index in [1.54, 1.807) is 31.2 Å². The molecule has 0 spiro atoms. The largest absolute Gasteiger partial charge is 0.493 e. The molecule has 0 radical (unpaired) electrons. The number of nitrogens with zero attached hydrogens (tertiary/aromatic N) is 1. The number of urea groups is 1. The van der Waals surface area contributed by atoms with Crippen LogP contribution in [0.4, 0.5) is 31.1 Å². The van der Waals surface area contributed by atoms with Gasteiger partial charge in [0.1, 0.15) is 30.3 Å². The lowest BCUT2D eigenvalue weighted by molar-refractivity contribution is -0.376.